The van der Waals surface area contributed by atoms with Crippen molar-refractivity contribution in [2.45, 2.75) is 25.3 Å². The molecule has 0 unspecified atom stereocenters. The lowest BCUT2D eigenvalue weighted by molar-refractivity contribution is -0.126. The van der Waals surface area contributed by atoms with E-state index in [1.807, 2.05) is 0 Å². The number of nitrogens with one attached hydrogen (secondary N) is 3. The van der Waals surface area contributed by atoms with E-state index < -0.39 is 0 Å². The van der Waals surface area contributed by atoms with Gasteiger partial charge in [-0.05, 0) is 32.4 Å². The summed E-state index contributed by atoms with van der Waals surface area (Å²) >= 11 is 0. The van der Waals surface area contributed by atoms with Crippen molar-refractivity contribution in [2.75, 3.05) is 39.3 Å². The molecular formula is C12H22N4O2. The van der Waals surface area contributed by atoms with E-state index in [4.69, 9.17) is 0 Å². The first-order valence-corrected chi connectivity index (χ1v) is 6.73. The van der Waals surface area contributed by atoms with Gasteiger partial charge in [-0.3, -0.25) is 14.5 Å². The van der Waals surface area contributed by atoms with Gasteiger partial charge in [0.15, 0.2) is 0 Å². The topological polar surface area (TPSA) is 73.5 Å². The molecule has 2 amide bonds. The molecule has 0 radical (unpaired) electrons. The van der Waals surface area contributed by atoms with Crippen LogP contribution in [0.15, 0.2) is 0 Å². The van der Waals surface area contributed by atoms with Crippen molar-refractivity contribution in [3.05, 3.63) is 0 Å². The second-order valence-corrected chi connectivity index (χ2v) is 5.00. The Balaban J connectivity index is 1.59. The molecule has 2 aliphatic rings. The highest BCUT2D eigenvalue weighted by Crippen LogP contribution is 2.18. The molecule has 3 N–H and O–H groups in total. The molecule has 0 aromatic rings. The van der Waals surface area contributed by atoms with Gasteiger partial charge in [0.25, 0.3) is 0 Å². The summed E-state index contributed by atoms with van der Waals surface area (Å²) in [6.07, 6.45) is 3.20. The number of amides is 2. The fourth-order valence-corrected chi connectivity index (χ4v) is 2.00. The third-order valence-electron chi connectivity index (χ3n) is 3.19. The third-order valence-corrected chi connectivity index (χ3v) is 3.19. The van der Waals surface area contributed by atoms with Crippen LogP contribution in [-0.4, -0.2) is 62.0 Å². The standard InChI is InChI=1S/C12H22N4O2/c17-11(15-10-2-3-10)8-14-12(18)9-16-6-1-4-13-5-7-16/h10,13H,1-9H2,(H,14,18)(H,15,17). The second-order valence-electron chi connectivity index (χ2n) is 5.00. The first-order chi connectivity index (χ1) is 8.74. The molecule has 0 spiro atoms. The molecule has 1 saturated carbocycles. The Kier molecular flexibility index (Phi) is 4.95. The minimum absolute atomic E-state index is 0.0668. The maximum Gasteiger partial charge on any atom is 0.239 e. The first kappa shape index (κ1) is 13.3. The van der Waals surface area contributed by atoms with Crippen LogP contribution in [0.25, 0.3) is 0 Å². The highest BCUT2D eigenvalue weighted by Gasteiger charge is 2.23. The van der Waals surface area contributed by atoms with Gasteiger partial charge in [0, 0.05) is 19.1 Å². The minimum Gasteiger partial charge on any atom is -0.352 e. The third kappa shape index (κ3) is 5.01. The number of carbonyl (C=O) groups is 2. The van der Waals surface area contributed by atoms with Crippen molar-refractivity contribution in [3.8, 4) is 0 Å². The van der Waals surface area contributed by atoms with E-state index >= 15 is 0 Å². The van der Waals surface area contributed by atoms with Crippen LogP contribution in [0.2, 0.25) is 0 Å². The predicted molar refractivity (Wildman–Crippen MR) is 68.1 cm³/mol. The van der Waals surface area contributed by atoms with Crippen molar-refractivity contribution in [1.82, 2.24) is 20.9 Å². The molecule has 6 nitrogen and oxygen atoms in total. The van der Waals surface area contributed by atoms with E-state index in [0.29, 0.717) is 12.6 Å². The highest BCUT2D eigenvalue weighted by atomic mass is 16.2. The number of nitrogens with zero attached hydrogens (tertiary/aromatic N) is 1. The lowest BCUT2D eigenvalue weighted by Crippen LogP contribution is -2.43. The van der Waals surface area contributed by atoms with Gasteiger partial charge in [0.05, 0.1) is 13.1 Å². The van der Waals surface area contributed by atoms with Crippen LogP contribution in [0.4, 0.5) is 0 Å². The Hall–Kier alpha value is -1.14. The molecule has 0 aromatic carbocycles. The zero-order chi connectivity index (χ0) is 12.8. The van der Waals surface area contributed by atoms with Crippen LogP contribution < -0.4 is 16.0 Å². The van der Waals surface area contributed by atoms with E-state index in [2.05, 4.69) is 20.9 Å². The molecule has 0 atom stereocenters. The molecule has 1 saturated heterocycles. The van der Waals surface area contributed by atoms with E-state index in [0.717, 1.165) is 45.4 Å². The first-order valence-electron chi connectivity index (χ1n) is 6.73. The number of rotatable bonds is 5. The molecule has 102 valence electrons. The van der Waals surface area contributed by atoms with E-state index in [9.17, 15) is 9.59 Å². The molecule has 2 fully saturated rings. The summed E-state index contributed by atoms with van der Waals surface area (Å²) < 4.78 is 0. The van der Waals surface area contributed by atoms with Gasteiger partial charge in [-0.25, -0.2) is 0 Å². The van der Waals surface area contributed by atoms with Crippen molar-refractivity contribution in [1.29, 1.82) is 0 Å². The summed E-state index contributed by atoms with van der Waals surface area (Å²) in [5, 5.41) is 8.81. The monoisotopic (exact) mass is 254 g/mol. The Morgan fingerprint density at radius 1 is 1.17 bits per heavy atom. The van der Waals surface area contributed by atoms with Crippen molar-refractivity contribution < 1.29 is 9.59 Å². The minimum atomic E-state index is -0.0802. The van der Waals surface area contributed by atoms with Gasteiger partial charge >= 0.3 is 0 Å². The molecule has 6 heteroatoms. The van der Waals surface area contributed by atoms with Crippen molar-refractivity contribution >= 4 is 11.8 Å². The summed E-state index contributed by atoms with van der Waals surface area (Å²) in [6, 6.07) is 0.353. The SMILES string of the molecule is O=C(CN1CCCNCC1)NCC(=O)NC1CC1. The molecule has 18 heavy (non-hydrogen) atoms. The zero-order valence-corrected chi connectivity index (χ0v) is 10.7. The van der Waals surface area contributed by atoms with E-state index in [-0.39, 0.29) is 18.4 Å². The maximum atomic E-state index is 11.7. The van der Waals surface area contributed by atoms with Crippen LogP contribution >= 0.6 is 0 Å². The average molecular weight is 254 g/mol. The normalized spacial score (nSPS) is 21.1. The second kappa shape index (κ2) is 6.70. The van der Waals surface area contributed by atoms with Crippen LogP contribution in [0.3, 0.4) is 0 Å². The van der Waals surface area contributed by atoms with Crippen LogP contribution in [-0.2, 0) is 9.59 Å². The summed E-state index contributed by atoms with van der Waals surface area (Å²) in [7, 11) is 0. The largest absolute Gasteiger partial charge is 0.352 e. The smallest absolute Gasteiger partial charge is 0.239 e. The molecule has 1 aliphatic heterocycles. The Bertz CT molecular complexity index is 296. The molecule has 2 rings (SSSR count). The Morgan fingerprint density at radius 2 is 2.00 bits per heavy atom. The Labute approximate surface area is 107 Å². The predicted octanol–water partition coefficient (Wildman–Crippen LogP) is -1.32. The van der Waals surface area contributed by atoms with Gasteiger partial charge < -0.3 is 16.0 Å². The highest BCUT2D eigenvalue weighted by molar-refractivity contribution is 5.85. The fourth-order valence-electron chi connectivity index (χ4n) is 2.00. The van der Waals surface area contributed by atoms with Gasteiger partial charge in [-0.2, -0.15) is 0 Å². The number of carbonyl (C=O) groups excluding carboxylic acids is 2. The van der Waals surface area contributed by atoms with E-state index in [1.165, 1.54) is 0 Å². The van der Waals surface area contributed by atoms with Crippen LogP contribution in [0, 0.1) is 0 Å². The molecule has 1 aliphatic carbocycles. The van der Waals surface area contributed by atoms with Gasteiger partial charge in [-0.1, -0.05) is 0 Å². The van der Waals surface area contributed by atoms with Crippen LogP contribution in [0.1, 0.15) is 19.3 Å². The quantitative estimate of drug-likeness (QED) is 0.569. The summed E-state index contributed by atoms with van der Waals surface area (Å²) in [4.78, 5) is 25.2. The lowest BCUT2D eigenvalue weighted by Gasteiger charge is -2.18. The van der Waals surface area contributed by atoms with Crippen molar-refractivity contribution in [2.24, 2.45) is 0 Å². The van der Waals surface area contributed by atoms with Crippen molar-refractivity contribution in [3.63, 3.8) is 0 Å². The number of hydrogen-bond acceptors (Lipinski definition) is 4. The average Bonchev–Trinajstić information content (AvgIpc) is 3.14. The molecular weight excluding hydrogens is 232 g/mol. The zero-order valence-electron chi connectivity index (χ0n) is 10.7. The summed E-state index contributed by atoms with van der Waals surface area (Å²) in [5.74, 6) is -0.147. The molecule has 1 heterocycles. The Morgan fingerprint density at radius 3 is 2.78 bits per heavy atom. The van der Waals surface area contributed by atoms with E-state index in [1.54, 1.807) is 0 Å². The fraction of sp³-hybridized carbons (Fsp3) is 0.833. The summed E-state index contributed by atoms with van der Waals surface area (Å²) in [6.45, 7) is 4.26. The van der Waals surface area contributed by atoms with Crippen LogP contribution in [0.5, 0.6) is 0 Å². The molecule has 0 bridgehead atoms. The molecule has 0 aromatic heterocycles. The van der Waals surface area contributed by atoms with Gasteiger partial charge in [0.1, 0.15) is 0 Å². The lowest BCUT2D eigenvalue weighted by atomic mass is 10.4. The van der Waals surface area contributed by atoms with Gasteiger partial charge in [-0.15, -0.1) is 0 Å². The number of hydrogen-bond donors (Lipinski definition) is 3. The van der Waals surface area contributed by atoms with Gasteiger partial charge in [0.2, 0.25) is 11.8 Å². The summed E-state index contributed by atoms with van der Waals surface area (Å²) in [5.41, 5.74) is 0. The maximum absolute atomic E-state index is 11.7.